The van der Waals surface area contributed by atoms with Gasteiger partial charge in [-0.1, -0.05) is 17.4 Å². The molecule has 8 nitrogen and oxygen atoms in total. The first kappa shape index (κ1) is 21.8. The fraction of sp³-hybridized carbons (Fsp3) is 0.304. The van der Waals surface area contributed by atoms with Crippen molar-refractivity contribution in [3.63, 3.8) is 0 Å². The van der Waals surface area contributed by atoms with Gasteiger partial charge in [0.15, 0.2) is 11.5 Å². The van der Waals surface area contributed by atoms with Crippen LogP contribution in [0, 0.1) is 13.8 Å². The maximum Gasteiger partial charge on any atom is 0.257 e. The number of ether oxygens (including phenoxy) is 2. The molecule has 4 rings (SSSR count). The molecular formula is C23H24N4O4S. The van der Waals surface area contributed by atoms with E-state index in [2.05, 4.69) is 21.6 Å². The van der Waals surface area contributed by atoms with E-state index in [1.165, 1.54) is 25.6 Å². The van der Waals surface area contributed by atoms with Gasteiger partial charge in [0.25, 0.3) is 5.91 Å². The molecule has 0 bridgehead atoms. The Kier molecular flexibility index (Phi) is 6.09. The van der Waals surface area contributed by atoms with Gasteiger partial charge < -0.3 is 14.4 Å². The summed E-state index contributed by atoms with van der Waals surface area (Å²) in [5, 5.41) is 12.2. The number of benzene rings is 2. The molecule has 0 saturated carbocycles. The van der Waals surface area contributed by atoms with Crippen molar-refractivity contribution in [1.29, 1.82) is 0 Å². The van der Waals surface area contributed by atoms with E-state index < -0.39 is 0 Å². The Balaban J connectivity index is 1.46. The molecule has 1 N–H and O–H groups in total. The van der Waals surface area contributed by atoms with Crippen molar-refractivity contribution in [3.8, 4) is 11.5 Å². The van der Waals surface area contributed by atoms with Crippen molar-refractivity contribution in [1.82, 2.24) is 10.2 Å². The quantitative estimate of drug-likeness (QED) is 0.609. The van der Waals surface area contributed by atoms with Crippen LogP contribution in [0.1, 0.15) is 38.8 Å². The normalized spacial score (nSPS) is 15.7. The van der Waals surface area contributed by atoms with Crippen molar-refractivity contribution < 1.29 is 19.1 Å². The number of hydrogen-bond acceptors (Lipinski definition) is 7. The Morgan fingerprint density at radius 2 is 1.78 bits per heavy atom. The summed E-state index contributed by atoms with van der Waals surface area (Å²) in [6.45, 7) is 4.58. The number of anilines is 2. The van der Waals surface area contributed by atoms with Crippen molar-refractivity contribution >= 4 is 34.0 Å². The van der Waals surface area contributed by atoms with Gasteiger partial charge in [-0.15, -0.1) is 10.2 Å². The van der Waals surface area contributed by atoms with Gasteiger partial charge in [0, 0.05) is 30.1 Å². The molecule has 3 aromatic rings. The molecular weight excluding hydrogens is 428 g/mol. The number of aromatic nitrogens is 2. The van der Waals surface area contributed by atoms with Crippen LogP contribution in [0.2, 0.25) is 0 Å². The van der Waals surface area contributed by atoms with Crippen molar-refractivity contribution in [3.05, 3.63) is 58.1 Å². The van der Waals surface area contributed by atoms with Crippen molar-refractivity contribution in [2.75, 3.05) is 31.0 Å². The van der Waals surface area contributed by atoms with Crippen LogP contribution in [0.3, 0.4) is 0 Å². The highest BCUT2D eigenvalue weighted by Gasteiger charge is 2.34. The predicted octanol–water partition coefficient (Wildman–Crippen LogP) is 3.94. The van der Waals surface area contributed by atoms with Crippen LogP contribution < -0.4 is 19.7 Å². The molecule has 1 aliphatic rings. The average Bonchev–Trinajstić information content (AvgIpc) is 3.39. The van der Waals surface area contributed by atoms with Crippen molar-refractivity contribution in [2.24, 2.45) is 0 Å². The van der Waals surface area contributed by atoms with Gasteiger partial charge in [-0.25, -0.2) is 0 Å². The SMILES string of the molecule is COc1ccc(C(=O)Nc2nnc([C@H]3CC(=O)N(c4cc(C)cc(C)c4)C3)s2)cc1OC. The lowest BCUT2D eigenvalue weighted by Crippen LogP contribution is -2.24. The second-order valence-corrected chi connectivity index (χ2v) is 8.73. The molecule has 9 heteroatoms. The molecule has 1 fully saturated rings. The number of carbonyl (C=O) groups is 2. The molecule has 0 radical (unpaired) electrons. The van der Waals surface area contributed by atoms with Crippen LogP contribution in [0.25, 0.3) is 0 Å². The van der Waals surface area contributed by atoms with Gasteiger partial charge in [-0.2, -0.15) is 0 Å². The first-order valence-corrected chi connectivity index (χ1v) is 10.9. The number of aryl methyl sites for hydroxylation is 2. The van der Waals surface area contributed by atoms with Crippen LogP contribution >= 0.6 is 11.3 Å². The zero-order chi connectivity index (χ0) is 22.8. The number of nitrogens with one attached hydrogen (secondary N) is 1. The van der Waals surface area contributed by atoms with E-state index >= 15 is 0 Å². The van der Waals surface area contributed by atoms with Crippen molar-refractivity contribution in [2.45, 2.75) is 26.2 Å². The van der Waals surface area contributed by atoms with Gasteiger partial charge in [0.1, 0.15) is 5.01 Å². The fourth-order valence-electron chi connectivity index (χ4n) is 3.83. The lowest BCUT2D eigenvalue weighted by Gasteiger charge is -2.17. The summed E-state index contributed by atoms with van der Waals surface area (Å²) in [7, 11) is 3.05. The maximum absolute atomic E-state index is 12.7. The second kappa shape index (κ2) is 8.96. The molecule has 32 heavy (non-hydrogen) atoms. The lowest BCUT2D eigenvalue weighted by atomic mass is 10.1. The number of carbonyl (C=O) groups excluding carboxylic acids is 2. The molecule has 166 valence electrons. The molecule has 2 aromatic carbocycles. The maximum atomic E-state index is 12.7. The van der Waals surface area contributed by atoms with E-state index in [9.17, 15) is 9.59 Å². The number of hydrogen-bond donors (Lipinski definition) is 1. The number of methoxy groups -OCH3 is 2. The monoisotopic (exact) mass is 452 g/mol. The highest BCUT2D eigenvalue weighted by atomic mass is 32.1. The summed E-state index contributed by atoms with van der Waals surface area (Å²) < 4.78 is 10.5. The molecule has 1 saturated heterocycles. The zero-order valence-electron chi connectivity index (χ0n) is 18.3. The minimum absolute atomic E-state index is 0.0612. The van der Waals surface area contributed by atoms with E-state index in [1.807, 2.05) is 26.0 Å². The Bertz CT molecular complexity index is 1160. The van der Waals surface area contributed by atoms with Gasteiger partial charge in [0.05, 0.1) is 14.2 Å². The Labute approximate surface area is 190 Å². The summed E-state index contributed by atoms with van der Waals surface area (Å²) in [4.78, 5) is 27.1. The Hall–Kier alpha value is -3.46. The second-order valence-electron chi connectivity index (χ2n) is 7.72. The minimum Gasteiger partial charge on any atom is -0.493 e. The fourth-order valence-corrected chi connectivity index (χ4v) is 4.66. The molecule has 2 amide bonds. The third kappa shape index (κ3) is 4.43. The third-order valence-electron chi connectivity index (χ3n) is 5.30. The minimum atomic E-state index is -0.326. The van der Waals surface area contributed by atoms with E-state index in [-0.39, 0.29) is 17.7 Å². The summed E-state index contributed by atoms with van der Waals surface area (Å²) in [6, 6.07) is 11.0. The van der Waals surface area contributed by atoms with Crippen LogP contribution in [0.5, 0.6) is 11.5 Å². The first-order chi connectivity index (χ1) is 15.4. The summed E-state index contributed by atoms with van der Waals surface area (Å²) in [5.74, 6) is 0.683. The predicted molar refractivity (Wildman–Crippen MR) is 123 cm³/mol. The van der Waals surface area contributed by atoms with Gasteiger partial charge in [-0.05, 0) is 55.3 Å². The number of amides is 2. The van der Waals surface area contributed by atoms with Crippen LogP contribution in [0.4, 0.5) is 10.8 Å². The molecule has 0 aliphatic carbocycles. The van der Waals surface area contributed by atoms with E-state index in [1.54, 1.807) is 23.1 Å². The highest BCUT2D eigenvalue weighted by Crippen LogP contribution is 2.35. The van der Waals surface area contributed by atoms with E-state index in [0.717, 1.165) is 21.8 Å². The largest absolute Gasteiger partial charge is 0.493 e. The van der Waals surface area contributed by atoms with E-state index in [4.69, 9.17) is 9.47 Å². The van der Waals surface area contributed by atoms with Crippen LogP contribution in [-0.2, 0) is 4.79 Å². The smallest absolute Gasteiger partial charge is 0.257 e. The van der Waals surface area contributed by atoms with Crippen LogP contribution in [0.15, 0.2) is 36.4 Å². The van der Waals surface area contributed by atoms with Gasteiger partial charge in [0.2, 0.25) is 11.0 Å². The van der Waals surface area contributed by atoms with Crippen LogP contribution in [-0.4, -0.2) is 42.8 Å². The van der Waals surface area contributed by atoms with E-state index in [0.29, 0.717) is 35.2 Å². The highest BCUT2D eigenvalue weighted by molar-refractivity contribution is 7.15. The summed E-state index contributed by atoms with van der Waals surface area (Å²) in [5.41, 5.74) is 3.55. The molecule has 1 aliphatic heterocycles. The third-order valence-corrected chi connectivity index (χ3v) is 6.30. The summed E-state index contributed by atoms with van der Waals surface area (Å²) >= 11 is 1.29. The molecule has 0 spiro atoms. The molecule has 1 aromatic heterocycles. The molecule has 0 unspecified atom stereocenters. The topological polar surface area (TPSA) is 93.7 Å². The first-order valence-electron chi connectivity index (χ1n) is 10.1. The Morgan fingerprint density at radius 1 is 1.06 bits per heavy atom. The Morgan fingerprint density at radius 3 is 2.47 bits per heavy atom. The van der Waals surface area contributed by atoms with Gasteiger partial charge >= 0.3 is 0 Å². The average molecular weight is 453 g/mol. The standard InChI is InChI=1S/C23H24N4O4S/c1-13-7-14(2)9-17(8-13)27-12-16(11-20(27)28)22-25-26-23(32-22)24-21(29)15-5-6-18(30-3)19(10-15)31-4/h5-10,16H,11-12H2,1-4H3,(H,24,26,29)/t16-/m0/s1. The molecule has 2 heterocycles. The molecule has 1 atom stereocenters. The zero-order valence-corrected chi connectivity index (χ0v) is 19.2. The van der Waals surface area contributed by atoms with Gasteiger partial charge in [-0.3, -0.25) is 14.9 Å². The summed E-state index contributed by atoms with van der Waals surface area (Å²) in [6.07, 6.45) is 0.366. The lowest BCUT2D eigenvalue weighted by molar-refractivity contribution is -0.117. The number of nitrogens with zero attached hydrogens (tertiary/aromatic N) is 3. The number of rotatable bonds is 6.